The summed E-state index contributed by atoms with van der Waals surface area (Å²) >= 11 is 0. The lowest BCUT2D eigenvalue weighted by Gasteiger charge is -2.38. The lowest BCUT2D eigenvalue weighted by Crippen LogP contribution is -2.55. The van der Waals surface area contributed by atoms with Crippen LogP contribution in [0.25, 0.3) is 0 Å². The first-order valence-electron chi connectivity index (χ1n) is 6.62. The molecule has 1 N–H and O–H groups in total. The van der Waals surface area contributed by atoms with Gasteiger partial charge in [0.1, 0.15) is 0 Å². The van der Waals surface area contributed by atoms with Gasteiger partial charge in [0.25, 0.3) is 0 Å². The summed E-state index contributed by atoms with van der Waals surface area (Å²) in [6, 6.07) is 1.22. The summed E-state index contributed by atoms with van der Waals surface area (Å²) < 4.78 is 11.3. The van der Waals surface area contributed by atoms with Gasteiger partial charge in [-0.25, -0.2) is 0 Å². The van der Waals surface area contributed by atoms with E-state index in [-0.39, 0.29) is 0 Å². The number of hydrogen-bond donors (Lipinski definition) is 1. The third-order valence-electron chi connectivity index (χ3n) is 4.01. The van der Waals surface area contributed by atoms with Crippen LogP contribution in [0.1, 0.15) is 12.8 Å². The van der Waals surface area contributed by atoms with Crippen molar-refractivity contribution in [3.8, 4) is 0 Å². The molecule has 0 aliphatic carbocycles. The summed E-state index contributed by atoms with van der Waals surface area (Å²) in [5.41, 5.74) is 0. The van der Waals surface area contributed by atoms with Gasteiger partial charge < -0.3 is 10.2 Å². The lowest BCUT2D eigenvalue weighted by molar-refractivity contribution is 0.111. The normalized spacial score (nSPS) is 37.2. The first-order chi connectivity index (χ1) is 8.15. The maximum absolute atomic E-state index is 11.3. The van der Waals surface area contributed by atoms with Crippen molar-refractivity contribution in [2.75, 3.05) is 51.8 Å². The van der Waals surface area contributed by atoms with Crippen molar-refractivity contribution >= 4 is 10.8 Å². The average molecular weight is 259 g/mol. The maximum Gasteiger partial charge on any atom is 0.0345 e. The van der Waals surface area contributed by atoms with Gasteiger partial charge in [0.05, 0.1) is 0 Å². The Hall–Kier alpha value is 0.0300. The predicted molar refractivity (Wildman–Crippen MR) is 72.8 cm³/mol. The highest BCUT2D eigenvalue weighted by Crippen LogP contribution is 2.10. The summed E-state index contributed by atoms with van der Waals surface area (Å²) in [6.07, 6.45) is 2.16. The third-order valence-corrected chi connectivity index (χ3v) is 5.39. The van der Waals surface area contributed by atoms with Crippen LogP contribution in [-0.2, 0) is 10.8 Å². The Morgan fingerprint density at radius 1 is 1.24 bits per heavy atom. The zero-order valence-electron chi connectivity index (χ0n) is 11.0. The zero-order chi connectivity index (χ0) is 12.3. The van der Waals surface area contributed by atoms with Crippen LogP contribution < -0.4 is 5.32 Å². The summed E-state index contributed by atoms with van der Waals surface area (Å²) in [4.78, 5) is 4.86. The Bertz CT molecular complexity index is 264. The Balaban J connectivity index is 1.71. The summed E-state index contributed by atoms with van der Waals surface area (Å²) in [5, 5.41) is 3.66. The largest absolute Gasteiger partial charge is 0.312 e. The first kappa shape index (κ1) is 13.5. The van der Waals surface area contributed by atoms with Crippen molar-refractivity contribution in [2.24, 2.45) is 0 Å². The summed E-state index contributed by atoms with van der Waals surface area (Å²) in [7, 11) is 3.88. The van der Waals surface area contributed by atoms with E-state index in [9.17, 15) is 4.21 Å². The number of nitrogens with zero attached hydrogens (tertiary/aromatic N) is 2. The fraction of sp³-hybridized carbons (Fsp3) is 1.00. The Morgan fingerprint density at radius 3 is 2.65 bits per heavy atom. The van der Waals surface area contributed by atoms with Crippen LogP contribution in [0.2, 0.25) is 0 Å². The second-order valence-corrected chi connectivity index (χ2v) is 7.12. The van der Waals surface area contributed by atoms with Crippen LogP contribution in [0.4, 0.5) is 0 Å². The molecule has 0 saturated carbocycles. The van der Waals surface area contributed by atoms with Gasteiger partial charge in [-0.3, -0.25) is 9.11 Å². The van der Waals surface area contributed by atoms with Crippen molar-refractivity contribution in [1.29, 1.82) is 0 Å². The number of rotatable bonds is 3. The molecule has 5 heteroatoms. The van der Waals surface area contributed by atoms with Crippen molar-refractivity contribution < 1.29 is 4.21 Å². The van der Waals surface area contributed by atoms with Crippen molar-refractivity contribution in [3.05, 3.63) is 0 Å². The minimum absolute atomic E-state index is 0.541. The van der Waals surface area contributed by atoms with Crippen LogP contribution in [0, 0.1) is 0 Å². The van der Waals surface area contributed by atoms with Crippen LogP contribution in [0.15, 0.2) is 0 Å². The number of piperazine rings is 1. The number of likely N-dealkylation sites (N-methyl/N-ethyl adjacent to an activating group) is 2. The van der Waals surface area contributed by atoms with Crippen LogP contribution in [0.3, 0.4) is 0 Å². The molecule has 100 valence electrons. The highest BCUT2D eigenvalue weighted by molar-refractivity contribution is 7.85. The molecule has 2 saturated heterocycles. The molecule has 0 aromatic rings. The van der Waals surface area contributed by atoms with Crippen molar-refractivity contribution in [1.82, 2.24) is 15.1 Å². The molecule has 2 heterocycles. The van der Waals surface area contributed by atoms with Crippen molar-refractivity contribution in [2.45, 2.75) is 24.9 Å². The molecule has 2 aliphatic rings. The van der Waals surface area contributed by atoms with E-state index in [0.717, 1.165) is 44.0 Å². The van der Waals surface area contributed by atoms with Crippen LogP contribution in [0.5, 0.6) is 0 Å². The lowest BCUT2D eigenvalue weighted by atomic mass is 10.1. The molecule has 0 spiro atoms. The predicted octanol–water partition coefficient (Wildman–Crippen LogP) is -0.267. The molecule has 2 fully saturated rings. The van der Waals surface area contributed by atoms with Gasteiger partial charge in [-0.2, -0.15) is 0 Å². The number of hydrogen-bond acceptors (Lipinski definition) is 4. The van der Waals surface area contributed by atoms with E-state index < -0.39 is 10.8 Å². The summed E-state index contributed by atoms with van der Waals surface area (Å²) in [5.74, 6) is 1.77. The van der Waals surface area contributed by atoms with E-state index >= 15 is 0 Å². The van der Waals surface area contributed by atoms with E-state index in [1.807, 2.05) is 0 Å². The maximum atomic E-state index is 11.3. The average Bonchev–Trinajstić information content (AvgIpc) is 2.32. The van der Waals surface area contributed by atoms with E-state index in [1.165, 1.54) is 6.54 Å². The zero-order valence-corrected chi connectivity index (χ0v) is 11.8. The van der Waals surface area contributed by atoms with E-state index in [2.05, 4.69) is 29.2 Å². The Kier molecular flexibility index (Phi) is 4.97. The molecule has 17 heavy (non-hydrogen) atoms. The minimum atomic E-state index is -0.541. The molecule has 1 unspecified atom stereocenters. The standard InChI is InChI=1S/C12H25N3OS/c1-14-5-6-15(2)12(10-14)9-13-11-3-7-17(16)8-4-11/h11-13H,3-10H2,1-2H3. The molecular weight excluding hydrogens is 234 g/mol. The molecule has 2 rings (SSSR count). The molecule has 0 bridgehead atoms. The monoisotopic (exact) mass is 259 g/mol. The van der Waals surface area contributed by atoms with Crippen LogP contribution >= 0.6 is 0 Å². The van der Waals surface area contributed by atoms with Crippen molar-refractivity contribution in [3.63, 3.8) is 0 Å². The fourth-order valence-corrected chi connectivity index (χ4v) is 3.92. The Morgan fingerprint density at radius 2 is 1.94 bits per heavy atom. The van der Waals surface area contributed by atoms with Crippen LogP contribution in [-0.4, -0.2) is 77.9 Å². The SMILES string of the molecule is CN1CCN(C)C(CNC2CCS(=O)CC2)C1. The third kappa shape index (κ3) is 4.02. The van der Waals surface area contributed by atoms with Gasteiger partial charge in [-0.15, -0.1) is 0 Å². The number of nitrogens with one attached hydrogen (secondary N) is 1. The van der Waals surface area contributed by atoms with E-state index in [1.54, 1.807) is 0 Å². The highest BCUT2D eigenvalue weighted by atomic mass is 32.2. The first-order valence-corrected chi connectivity index (χ1v) is 8.11. The molecule has 4 nitrogen and oxygen atoms in total. The van der Waals surface area contributed by atoms with Gasteiger partial charge in [0.2, 0.25) is 0 Å². The smallest absolute Gasteiger partial charge is 0.0345 e. The summed E-state index contributed by atoms with van der Waals surface area (Å²) in [6.45, 7) is 4.56. The van der Waals surface area contributed by atoms with E-state index in [4.69, 9.17) is 0 Å². The fourth-order valence-electron chi connectivity index (χ4n) is 2.62. The molecule has 0 amide bonds. The second-order valence-electron chi connectivity index (χ2n) is 5.43. The van der Waals surface area contributed by atoms with E-state index in [0.29, 0.717) is 12.1 Å². The quantitative estimate of drug-likeness (QED) is 0.757. The molecule has 0 aromatic heterocycles. The molecular formula is C12H25N3OS. The van der Waals surface area contributed by atoms with Gasteiger partial charge in [0.15, 0.2) is 0 Å². The molecule has 1 atom stereocenters. The topological polar surface area (TPSA) is 35.6 Å². The minimum Gasteiger partial charge on any atom is -0.312 e. The molecule has 0 aromatic carbocycles. The second kappa shape index (κ2) is 6.27. The van der Waals surface area contributed by atoms with Gasteiger partial charge in [0, 0.05) is 60.6 Å². The Labute approximate surface area is 107 Å². The molecule has 0 radical (unpaired) electrons. The van der Waals surface area contributed by atoms with Gasteiger partial charge >= 0.3 is 0 Å². The molecule has 2 aliphatic heterocycles. The highest BCUT2D eigenvalue weighted by Gasteiger charge is 2.24. The van der Waals surface area contributed by atoms with Gasteiger partial charge in [-0.05, 0) is 26.9 Å². The van der Waals surface area contributed by atoms with Gasteiger partial charge in [-0.1, -0.05) is 0 Å².